The zero-order chi connectivity index (χ0) is 21.2. The molecule has 0 saturated heterocycles. The van der Waals surface area contributed by atoms with E-state index in [1.54, 1.807) is 48.5 Å². The summed E-state index contributed by atoms with van der Waals surface area (Å²) < 4.78 is 15.7. The second-order valence-corrected chi connectivity index (χ2v) is 5.74. The number of carbonyl (C=O) groups is 3. The Labute approximate surface area is 168 Å². The van der Waals surface area contributed by atoms with Crippen LogP contribution in [0.1, 0.15) is 17.2 Å². The van der Waals surface area contributed by atoms with Crippen molar-refractivity contribution in [1.82, 2.24) is 10.6 Å². The first-order chi connectivity index (χ1) is 14.0. The fourth-order valence-corrected chi connectivity index (χ4v) is 2.41. The van der Waals surface area contributed by atoms with Crippen molar-refractivity contribution in [1.29, 1.82) is 0 Å². The molecule has 0 aliphatic carbocycles. The highest BCUT2D eigenvalue weighted by Crippen LogP contribution is 2.26. The van der Waals surface area contributed by atoms with Gasteiger partial charge < -0.3 is 19.5 Å². The number of hydrogen-bond donors (Lipinski definition) is 2. The summed E-state index contributed by atoms with van der Waals surface area (Å²) in [5, 5.41) is 4.39. The molecule has 0 fully saturated rings. The molecule has 0 aromatic heterocycles. The van der Waals surface area contributed by atoms with Gasteiger partial charge in [-0.25, -0.2) is 9.59 Å². The molecule has 8 heteroatoms. The maximum Gasteiger partial charge on any atom is 0.331 e. The smallest absolute Gasteiger partial charge is 0.331 e. The van der Waals surface area contributed by atoms with Gasteiger partial charge in [0.1, 0.15) is 11.5 Å². The molecule has 0 saturated carbocycles. The van der Waals surface area contributed by atoms with E-state index in [1.807, 2.05) is 0 Å². The van der Waals surface area contributed by atoms with Crippen molar-refractivity contribution in [3.05, 3.63) is 65.7 Å². The monoisotopic (exact) mass is 398 g/mol. The highest BCUT2D eigenvalue weighted by molar-refractivity contribution is 5.98. The predicted molar refractivity (Wildman–Crippen MR) is 106 cm³/mol. The number of amides is 3. The Morgan fingerprint density at radius 2 is 1.72 bits per heavy atom. The third-order valence-corrected chi connectivity index (χ3v) is 3.88. The Morgan fingerprint density at radius 3 is 2.34 bits per heavy atom. The molecule has 1 atom stereocenters. The Bertz CT molecular complexity index is 895. The van der Waals surface area contributed by atoms with Crippen molar-refractivity contribution in [2.45, 2.75) is 6.10 Å². The Balaban J connectivity index is 2.18. The molecular formula is C21H22N2O6. The summed E-state index contributed by atoms with van der Waals surface area (Å²) in [7, 11) is 4.41. The summed E-state index contributed by atoms with van der Waals surface area (Å²) in [6, 6.07) is 12.8. The summed E-state index contributed by atoms with van der Waals surface area (Å²) in [5.74, 6) is -0.412. The highest BCUT2D eigenvalue weighted by Gasteiger charge is 2.25. The number of nitrogens with one attached hydrogen (secondary N) is 2. The first kappa shape index (κ1) is 21.5. The average Bonchev–Trinajstić information content (AvgIpc) is 2.76. The van der Waals surface area contributed by atoms with E-state index in [-0.39, 0.29) is 0 Å². The van der Waals surface area contributed by atoms with E-state index in [9.17, 15) is 14.4 Å². The number of methoxy groups -OCH3 is 2. The number of rotatable bonds is 7. The first-order valence-electron chi connectivity index (χ1n) is 8.66. The van der Waals surface area contributed by atoms with Gasteiger partial charge in [-0.3, -0.25) is 10.1 Å². The van der Waals surface area contributed by atoms with E-state index >= 15 is 0 Å². The number of benzene rings is 2. The zero-order valence-corrected chi connectivity index (χ0v) is 16.3. The minimum absolute atomic E-state index is 0.428. The highest BCUT2D eigenvalue weighted by atomic mass is 16.5. The minimum atomic E-state index is -1.29. The lowest BCUT2D eigenvalue weighted by Crippen LogP contribution is -2.41. The zero-order valence-electron chi connectivity index (χ0n) is 16.3. The van der Waals surface area contributed by atoms with Crippen LogP contribution >= 0.6 is 0 Å². The second-order valence-electron chi connectivity index (χ2n) is 5.74. The molecule has 152 valence electrons. The molecule has 3 amide bonds. The van der Waals surface area contributed by atoms with Gasteiger partial charge in [-0.2, -0.15) is 0 Å². The molecule has 2 aromatic rings. The van der Waals surface area contributed by atoms with Gasteiger partial charge in [-0.1, -0.05) is 30.3 Å². The topological polar surface area (TPSA) is 103 Å². The molecule has 29 heavy (non-hydrogen) atoms. The molecule has 8 nitrogen and oxygen atoms in total. The van der Waals surface area contributed by atoms with Crippen LogP contribution in [0.25, 0.3) is 6.08 Å². The summed E-state index contributed by atoms with van der Waals surface area (Å²) in [6.07, 6.45) is 1.38. The van der Waals surface area contributed by atoms with E-state index < -0.39 is 24.0 Å². The van der Waals surface area contributed by atoms with Gasteiger partial charge in [0, 0.05) is 30.3 Å². The van der Waals surface area contributed by atoms with Crippen molar-refractivity contribution in [3.63, 3.8) is 0 Å². The average molecular weight is 398 g/mol. The van der Waals surface area contributed by atoms with E-state index in [2.05, 4.69) is 10.6 Å². The van der Waals surface area contributed by atoms with E-state index in [0.29, 0.717) is 22.6 Å². The lowest BCUT2D eigenvalue weighted by atomic mass is 10.1. The summed E-state index contributed by atoms with van der Waals surface area (Å²) >= 11 is 0. The molecule has 0 bridgehead atoms. The Hall–Kier alpha value is -3.81. The molecule has 2 rings (SSSR count). The fraction of sp³-hybridized carbons (Fsp3) is 0.190. The Morgan fingerprint density at radius 1 is 1.00 bits per heavy atom. The van der Waals surface area contributed by atoms with Gasteiger partial charge in [0.2, 0.25) is 6.10 Å². The normalized spacial score (nSPS) is 11.4. The largest absolute Gasteiger partial charge is 0.497 e. The summed E-state index contributed by atoms with van der Waals surface area (Å²) in [5.41, 5.74) is 1.05. The van der Waals surface area contributed by atoms with Crippen LogP contribution < -0.4 is 20.1 Å². The van der Waals surface area contributed by atoms with Crippen LogP contribution in [0.15, 0.2) is 54.6 Å². The fourth-order valence-electron chi connectivity index (χ4n) is 2.41. The number of imide groups is 1. The minimum Gasteiger partial charge on any atom is -0.497 e. The van der Waals surface area contributed by atoms with Crippen LogP contribution in [0, 0.1) is 0 Å². The predicted octanol–water partition coefficient (Wildman–Crippen LogP) is 2.46. The molecule has 0 spiro atoms. The molecule has 0 aliphatic rings. The lowest BCUT2D eigenvalue weighted by Gasteiger charge is -2.16. The number of urea groups is 1. The molecule has 0 unspecified atom stereocenters. The number of esters is 1. The summed E-state index contributed by atoms with van der Waals surface area (Å²) in [6.45, 7) is 0. The first-order valence-corrected chi connectivity index (χ1v) is 8.66. The number of carbonyl (C=O) groups excluding carboxylic acids is 3. The van der Waals surface area contributed by atoms with Crippen LogP contribution in [-0.4, -0.2) is 39.2 Å². The molecule has 0 heterocycles. The van der Waals surface area contributed by atoms with E-state index in [4.69, 9.17) is 14.2 Å². The quantitative estimate of drug-likeness (QED) is 0.549. The second kappa shape index (κ2) is 10.5. The van der Waals surface area contributed by atoms with Gasteiger partial charge in [-0.05, 0) is 18.2 Å². The number of hydrogen-bond acceptors (Lipinski definition) is 6. The van der Waals surface area contributed by atoms with Gasteiger partial charge in [0.05, 0.1) is 14.2 Å². The van der Waals surface area contributed by atoms with E-state index in [1.165, 1.54) is 33.4 Å². The number of ether oxygens (including phenoxy) is 3. The van der Waals surface area contributed by atoms with Gasteiger partial charge >= 0.3 is 12.0 Å². The SMILES string of the molecule is CNC(=O)NC(=O)[C@H](OC(=O)/C=C/c1ccc(OC)cc1OC)c1ccccc1. The Kier molecular flexibility index (Phi) is 7.78. The van der Waals surface area contributed by atoms with Crippen molar-refractivity contribution in [2.75, 3.05) is 21.3 Å². The standard InChI is InChI=1S/C21H22N2O6/c1-22-21(26)23-20(25)19(15-7-5-4-6-8-15)29-18(24)12-10-14-9-11-16(27-2)13-17(14)28-3/h4-13,19H,1-3H3,(H2,22,23,25,26)/b12-10+/t19-/m1/s1. The molecule has 2 aromatic carbocycles. The van der Waals surface area contributed by atoms with Crippen LogP contribution in [-0.2, 0) is 14.3 Å². The summed E-state index contributed by atoms with van der Waals surface area (Å²) in [4.78, 5) is 36.2. The van der Waals surface area contributed by atoms with Crippen LogP contribution in [0.3, 0.4) is 0 Å². The molecule has 0 aliphatic heterocycles. The van der Waals surface area contributed by atoms with Crippen LogP contribution in [0.5, 0.6) is 11.5 Å². The molecule has 0 radical (unpaired) electrons. The molecule has 2 N–H and O–H groups in total. The van der Waals surface area contributed by atoms with Gasteiger partial charge in [-0.15, -0.1) is 0 Å². The van der Waals surface area contributed by atoms with Crippen LogP contribution in [0.4, 0.5) is 4.79 Å². The van der Waals surface area contributed by atoms with Gasteiger partial charge in [0.25, 0.3) is 5.91 Å². The molecular weight excluding hydrogens is 376 g/mol. The van der Waals surface area contributed by atoms with Crippen molar-refractivity contribution in [3.8, 4) is 11.5 Å². The van der Waals surface area contributed by atoms with Crippen molar-refractivity contribution in [2.24, 2.45) is 0 Å². The maximum atomic E-state index is 12.4. The third-order valence-electron chi connectivity index (χ3n) is 3.88. The lowest BCUT2D eigenvalue weighted by molar-refractivity contribution is -0.151. The van der Waals surface area contributed by atoms with Crippen molar-refractivity contribution < 1.29 is 28.6 Å². The van der Waals surface area contributed by atoms with Crippen LogP contribution in [0.2, 0.25) is 0 Å². The van der Waals surface area contributed by atoms with E-state index in [0.717, 1.165) is 0 Å². The van der Waals surface area contributed by atoms with Gasteiger partial charge in [0.15, 0.2) is 0 Å². The maximum absolute atomic E-state index is 12.4. The van der Waals surface area contributed by atoms with Crippen molar-refractivity contribution >= 4 is 24.0 Å². The third kappa shape index (κ3) is 6.10.